The smallest absolute Gasteiger partial charge is 0.271 e. The number of carbonyl (C=O) groups excluding carboxylic acids is 1. The lowest BCUT2D eigenvalue weighted by molar-refractivity contribution is -0.384. The summed E-state index contributed by atoms with van der Waals surface area (Å²) >= 11 is 11.8. The first kappa shape index (κ1) is 28.2. The second-order valence-electron chi connectivity index (χ2n) is 7.83. The molecule has 196 valence electrons. The van der Waals surface area contributed by atoms with E-state index < -0.39 is 37.4 Å². The van der Waals surface area contributed by atoms with Gasteiger partial charge in [0.1, 0.15) is 6.54 Å². The van der Waals surface area contributed by atoms with Gasteiger partial charge in [0.2, 0.25) is 15.9 Å². The number of halogens is 2. The number of anilines is 3. The Kier molecular flexibility index (Phi) is 8.32. The minimum absolute atomic E-state index is 0.0134. The molecule has 2 N–H and O–H groups in total. The molecular formula is C22H20Cl2N4O7S2. The van der Waals surface area contributed by atoms with Crippen LogP contribution in [0.1, 0.15) is 5.56 Å². The van der Waals surface area contributed by atoms with E-state index in [0.29, 0.717) is 5.56 Å². The number of amides is 1. The molecule has 0 saturated heterocycles. The molecule has 0 heterocycles. The van der Waals surface area contributed by atoms with E-state index >= 15 is 0 Å². The second kappa shape index (κ2) is 10.9. The lowest BCUT2D eigenvalue weighted by Gasteiger charge is -2.23. The summed E-state index contributed by atoms with van der Waals surface area (Å²) in [6.07, 6.45) is 0.873. The number of hydrogen-bond acceptors (Lipinski definition) is 7. The van der Waals surface area contributed by atoms with Gasteiger partial charge in [0.05, 0.1) is 27.4 Å². The monoisotopic (exact) mass is 586 g/mol. The summed E-state index contributed by atoms with van der Waals surface area (Å²) in [6, 6.07) is 13.0. The fourth-order valence-corrected chi connectivity index (χ4v) is 5.71. The van der Waals surface area contributed by atoms with Crippen LogP contribution in [-0.4, -0.2) is 40.5 Å². The van der Waals surface area contributed by atoms with Crippen LogP contribution in [0.5, 0.6) is 0 Å². The summed E-state index contributed by atoms with van der Waals surface area (Å²) in [4.78, 5) is 23.0. The molecule has 0 aliphatic heterocycles. The number of nitrogens with zero attached hydrogens (tertiary/aromatic N) is 2. The topological polar surface area (TPSA) is 156 Å². The molecular weight excluding hydrogens is 567 g/mol. The van der Waals surface area contributed by atoms with E-state index in [9.17, 15) is 31.7 Å². The van der Waals surface area contributed by atoms with Gasteiger partial charge in [0, 0.05) is 27.9 Å². The molecule has 0 atom stereocenters. The van der Waals surface area contributed by atoms with Crippen LogP contribution in [0.25, 0.3) is 0 Å². The first-order chi connectivity index (χ1) is 17.2. The fraction of sp³-hybridized carbons (Fsp3) is 0.136. The van der Waals surface area contributed by atoms with Crippen molar-refractivity contribution in [3.05, 3.63) is 86.4 Å². The largest absolute Gasteiger partial charge is 0.325 e. The van der Waals surface area contributed by atoms with Crippen molar-refractivity contribution in [3.8, 4) is 0 Å². The average molecular weight is 587 g/mol. The summed E-state index contributed by atoms with van der Waals surface area (Å²) in [6.45, 7) is 0.887. The van der Waals surface area contributed by atoms with Crippen molar-refractivity contribution >= 4 is 71.9 Å². The minimum Gasteiger partial charge on any atom is -0.325 e. The zero-order chi connectivity index (χ0) is 27.5. The maximum atomic E-state index is 12.7. The van der Waals surface area contributed by atoms with Gasteiger partial charge >= 0.3 is 0 Å². The van der Waals surface area contributed by atoms with Crippen molar-refractivity contribution < 1.29 is 26.6 Å². The molecule has 0 radical (unpaired) electrons. The van der Waals surface area contributed by atoms with E-state index in [4.69, 9.17) is 23.2 Å². The second-order valence-corrected chi connectivity index (χ2v) is 12.3. The summed E-state index contributed by atoms with van der Waals surface area (Å²) in [7, 11) is -7.99. The van der Waals surface area contributed by atoms with Crippen LogP contribution in [0.4, 0.5) is 22.7 Å². The van der Waals surface area contributed by atoms with Crippen LogP contribution in [0.2, 0.25) is 10.0 Å². The number of nitro benzene ring substituents is 1. The number of aryl methyl sites for hydroxylation is 1. The summed E-state index contributed by atoms with van der Waals surface area (Å²) in [5.41, 5.74) is 0.415. The third-order valence-corrected chi connectivity index (χ3v) is 7.88. The Morgan fingerprint density at radius 2 is 1.54 bits per heavy atom. The maximum Gasteiger partial charge on any atom is 0.271 e. The van der Waals surface area contributed by atoms with E-state index in [1.807, 2.05) is 0 Å². The highest BCUT2D eigenvalue weighted by Crippen LogP contribution is 2.28. The fourth-order valence-electron chi connectivity index (χ4n) is 3.24. The van der Waals surface area contributed by atoms with Crippen LogP contribution >= 0.6 is 23.2 Å². The third-order valence-electron chi connectivity index (χ3n) is 4.92. The van der Waals surface area contributed by atoms with Crippen molar-refractivity contribution in [1.29, 1.82) is 0 Å². The minimum atomic E-state index is -4.00. The number of carbonyl (C=O) groups is 1. The van der Waals surface area contributed by atoms with Crippen LogP contribution in [0.15, 0.2) is 65.6 Å². The van der Waals surface area contributed by atoms with E-state index in [2.05, 4.69) is 10.0 Å². The zero-order valence-corrected chi connectivity index (χ0v) is 22.5. The van der Waals surface area contributed by atoms with E-state index in [0.717, 1.165) is 16.6 Å². The van der Waals surface area contributed by atoms with E-state index in [-0.39, 0.29) is 37.7 Å². The molecule has 0 aliphatic rings. The number of benzene rings is 3. The normalized spacial score (nSPS) is 11.6. The third kappa shape index (κ3) is 7.32. The van der Waals surface area contributed by atoms with Crippen molar-refractivity contribution in [2.24, 2.45) is 0 Å². The molecule has 0 aliphatic carbocycles. The molecule has 15 heteroatoms. The summed E-state index contributed by atoms with van der Waals surface area (Å²) in [5.74, 6) is -0.751. The number of rotatable bonds is 9. The Morgan fingerprint density at radius 3 is 2.08 bits per heavy atom. The standard InChI is InChI=1S/C22H20Cl2N4O7S2/c1-14-3-6-19(28(30)31)12-21(14)27(36(2,32)33)13-22(29)25-17-4-7-20(8-5-17)37(34,35)26-18-10-15(23)9-16(24)11-18/h3-12,26H,13H2,1-2H3,(H,25,29). The van der Waals surface area contributed by atoms with Crippen molar-refractivity contribution in [3.63, 3.8) is 0 Å². The Balaban J connectivity index is 1.77. The molecule has 0 fully saturated rings. The highest BCUT2D eigenvalue weighted by Gasteiger charge is 2.24. The van der Waals surface area contributed by atoms with Gasteiger partial charge in [-0.3, -0.25) is 23.9 Å². The van der Waals surface area contributed by atoms with Gasteiger partial charge in [0.25, 0.3) is 15.7 Å². The molecule has 0 bridgehead atoms. The number of hydrogen-bond donors (Lipinski definition) is 2. The molecule has 37 heavy (non-hydrogen) atoms. The van der Waals surface area contributed by atoms with Crippen molar-refractivity contribution in [2.45, 2.75) is 11.8 Å². The van der Waals surface area contributed by atoms with Gasteiger partial charge in [-0.15, -0.1) is 0 Å². The van der Waals surface area contributed by atoms with Crippen LogP contribution in [0.3, 0.4) is 0 Å². The highest BCUT2D eigenvalue weighted by molar-refractivity contribution is 7.92. The highest BCUT2D eigenvalue weighted by atomic mass is 35.5. The van der Waals surface area contributed by atoms with Gasteiger partial charge < -0.3 is 5.32 Å². The molecule has 1 amide bonds. The van der Waals surface area contributed by atoms with E-state index in [1.165, 1.54) is 54.6 Å². The first-order valence-electron chi connectivity index (χ1n) is 10.3. The predicted octanol–water partition coefficient (Wildman–Crippen LogP) is 4.42. The first-order valence-corrected chi connectivity index (χ1v) is 14.4. The van der Waals surface area contributed by atoms with Gasteiger partial charge in [-0.05, 0) is 55.0 Å². The molecule has 0 aromatic heterocycles. The van der Waals surface area contributed by atoms with Crippen LogP contribution < -0.4 is 14.3 Å². The number of non-ortho nitro benzene ring substituents is 1. The lowest BCUT2D eigenvalue weighted by atomic mass is 10.2. The SMILES string of the molecule is Cc1ccc([N+](=O)[O-])cc1N(CC(=O)Nc1ccc(S(=O)(=O)Nc2cc(Cl)cc(Cl)c2)cc1)S(C)(=O)=O. The van der Waals surface area contributed by atoms with E-state index in [1.54, 1.807) is 6.92 Å². The molecule has 3 aromatic carbocycles. The Morgan fingerprint density at radius 1 is 0.946 bits per heavy atom. The van der Waals surface area contributed by atoms with Crippen LogP contribution in [0, 0.1) is 17.0 Å². The molecule has 0 unspecified atom stereocenters. The van der Waals surface area contributed by atoms with Gasteiger partial charge in [-0.1, -0.05) is 29.3 Å². The van der Waals surface area contributed by atoms with Crippen molar-refractivity contribution in [2.75, 3.05) is 27.1 Å². The predicted molar refractivity (Wildman–Crippen MR) is 142 cm³/mol. The van der Waals surface area contributed by atoms with Gasteiger partial charge in [-0.25, -0.2) is 16.8 Å². The molecule has 11 nitrogen and oxygen atoms in total. The Bertz CT molecular complexity index is 1560. The van der Waals surface area contributed by atoms with Crippen molar-refractivity contribution in [1.82, 2.24) is 0 Å². The lowest BCUT2D eigenvalue weighted by Crippen LogP contribution is -2.37. The van der Waals surface area contributed by atoms with Gasteiger partial charge in [-0.2, -0.15) is 0 Å². The maximum absolute atomic E-state index is 12.7. The van der Waals surface area contributed by atoms with Crippen LogP contribution in [-0.2, 0) is 24.8 Å². The molecule has 3 rings (SSSR count). The molecule has 0 saturated carbocycles. The average Bonchev–Trinajstić information content (AvgIpc) is 2.76. The number of nitro groups is 1. The summed E-state index contributed by atoms with van der Waals surface area (Å²) < 4.78 is 53.2. The zero-order valence-electron chi connectivity index (χ0n) is 19.3. The summed E-state index contributed by atoms with van der Waals surface area (Å²) in [5, 5.41) is 14.1. The Hall–Kier alpha value is -3.39. The number of nitrogens with one attached hydrogen (secondary N) is 2. The van der Waals surface area contributed by atoms with Gasteiger partial charge in [0.15, 0.2) is 0 Å². The quantitative estimate of drug-likeness (QED) is 0.277. The molecule has 3 aromatic rings. The molecule has 0 spiro atoms. The number of sulfonamides is 2. The Labute approximate surface area is 223 Å².